The Morgan fingerprint density at radius 1 is 0.812 bits per heavy atom. The molecule has 4 rings (SSSR count). The Morgan fingerprint density at radius 2 is 1.41 bits per heavy atom. The van der Waals surface area contributed by atoms with Crippen molar-refractivity contribution in [2.24, 2.45) is 0 Å². The van der Waals surface area contributed by atoms with E-state index in [1.807, 2.05) is 24.3 Å². The highest BCUT2D eigenvalue weighted by molar-refractivity contribution is 14.1. The van der Waals surface area contributed by atoms with Gasteiger partial charge in [0.1, 0.15) is 11.9 Å². The molecular weight excluding hydrogens is 515 g/mol. The maximum Gasteiger partial charge on any atom is 0.202 e. The van der Waals surface area contributed by atoms with E-state index in [0.29, 0.717) is 26.2 Å². The van der Waals surface area contributed by atoms with E-state index in [2.05, 4.69) is 85.0 Å². The number of hydrogen-bond donors (Lipinski definition) is 0. The lowest BCUT2D eigenvalue weighted by Gasteiger charge is -2.19. The van der Waals surface area contributed by atoms with Gasteiger partial charge in [0.2, 0.25) is 6.29 Å². The molecule has 1 aliphatic heterocycles. The predicted molar refractivity (Wildman–Crippen MR) is 134 cm³/mol. The zero-order valence-electron chi connectivity index (χ0n) is 18.5. The van der Waals surface area contributed by atoms with E-state index in [-0.39, 0.29) is 18.5 Å². The van der Waals surface area contributed by atoms with Gasteiger partial charge in [0.05, 0.1) is 25.9 Å². The minimum atomic E-state index is -0.356. The largest absolute Gasteiger partial charge is 0.465 e. The van der Waals surface area contributed by atoms with Crippen molar-refractivity contribution in [3.63, 3.8) is 0 Å². The van der Waals surface area contributed by atoms with Crippen molar-refractivity contribution in [2.45, 2.75) is 52.0 Å². The number of halogens is 1. The van der Waals surface area contributed by atoms with Crippen molar-refractivity contribution >= 4 is 22.6 Å². The lowest BCUT2D eigenvalue weighted by atomic mass is 10.1. The summed E-state index contributed by atoms with van der Waals surface area (Å²) in [5.74, 6) is 0.800. The zero-order valence-corrected chi connectivity index (χ0v) is 20.7. The number of benzene rings is 3. The van der Waals surface area contributed by atoms with Crippen molar-refractivity contribution in [1.82, 2.24) is 0 Å². The topological polar surface area (TPSA) is 36.9 Å². The number of rotatable bonds is 9. The van der Waals surface area contributed by atoms with E-state index in [9.17, 15) is 0 Å². The van der Waals surface area contributed by atoms with Gasteiger partial charge in [-0.3, -0.25) is 0 Å². The minimum Gasteiger partial charge on any atom is -0.465 e. The average molecular weight is 544 g/mol. The van der Waals surface area contributed by atoms with E-state index >= 15 is 0 Å². The smallest absolute Gasteiger partial charge is 0.202 e. The number of aryl methyl sites for hydroxylation is 2. The van der Waals surface area contributed by atoms with Gasteiger partial charge in [0, 0.05) is 9.99 Å². The molecule has 0 saturated carbocycles. The van der Waals surface area contributed by atoms with Gasteiger partial charge in [-0.2, -0.15) is 0 Å². The molecule has 1 saturated heterocycles. The normalized spacial score (nSPS) is 20.4. The van der Waals surface area contributed by atoms with Crippen molar-refractivity contribution in [3.05, 3.63) is 98.6 Å². The van der Waals surface area contributed by atoms with Gasteiger partial charge >= 0.3 is 0 Å². The number of ether oxygens (including phenoxy) is 4. The molecule has 0 spiro atoms. The van der Waals surface area contributed by atoms with Crippen molar-refractivity contribution in [1.29, 1.82) is 0 Å². The summed E-state index contributed by atoms with van der Waals surface area (Å²) < 4.78 is 25.7. The molecular formula is C27H29IO4. The van der Waals surface area contributed by atoms with Crippen LogP contribution in [0.2, 0.25) is 0 Å². The molecule has 1 heterocycles. The molecule has 0 aromatic heterocycles. The van der Waals surface area contributed by atoms with E-state index in [1.165, 1.54) is 14.7 Å². The molecule has 0 radical (unpaired) electrons. The molecule has 168 valence electrons. The van der Waals surface area contributed by atoms with E-state index in [0.717, 1.165) is 16.9 Å². The summed E-state index contributed by atoms with van der Waals surface area (Å²) in [6.45, 7) is 5.72. The molecule has 3 aromatic rings. The highest BCUT2D eigenvalue weighted by Crippen LogP contribution is 2.28. The third kappa shape index (κ3) is 6.78. The SMILES string of the molecule is Cc1ccc(COC[C@H]2O[C@@H](Oc3ccc(I)cc3)C[C@@H]2OCc2ccc(C)cc2)cc1. The molecule has 1 fully saturated rings. The third-order valence-corrected chi connectivity index (χ3v) is 6.22. The quantitative estimate of drug-likeness (QED) is 0.301. The van der Waals surface area contributed by atoms with E-state index in [1.54, 1.807) is 0 Å². The van der Waals surface area contributed by atoms with Crippen LogP contribution in [-0.2, 0) is 27.4 Å². The molecule has 0 aliphatic carbocycles. The summed E-state index contributed by atoms with van der Waals surface area (Å²) in [7, 11) is 0. The van der Waals surface area contributed by atoms with E-state index in [4.69, 9.17) is 18.9 Å². The van der Waals surface area contributed by atoms with Crippen LogP contribution in [0.1, 0.15) is 28.7 Å². The van der Waals surface area contributed by atoms with Gasteiger partial charge in [-0.1, -0.05) is 59.7 Å². The molecule has 0 N–H and O–H groups in total. The first-order valence-corrected chi connectivity index (χ1v) is 12.0. The van der Waals surface area contributed by atoms with Crippen LogP contribution in [0.4, 0.5) is 0 Å². The Balaban J connectivity index is 1.35. The molecule has 3 aromatic carbocycles. The maximum absolute atomic E-state index is 6.26. The van der Waals surface area contributed by atoms with Crippen LogP contribution in [-0.4, -0.2) is 25.1 Å². The maximum atomic E-state index is 6.26. The van der Waals surface area contributed by atoms with Crippen molar-refractivity contribution < 1.29 is 18.9 Å². The molecule has 0 amide bonds. The lowest BCUT2D eigenvalue weighted by Crippen LogP contribution is -2.29. The van der Waals surface area contributed by atoms with Crippen LogP contribution in [0.3, 0.4) is 0 Å². The first-order valence-electron chi connectivity index (χ1n) is 10.9. The second-order valence-corrected chi connectivity index (χ2v) is 9.49. The van der Waals surface area contributed by atoms with Gasteiger partial charge in [-0.15, -0.1) is 0 Å². The molecule has 0 unspecified atom stereocenters. The summed E-state index contributed by atoms with van der Waals surface area (Å²) in [4.78, 5) is 0. The van der Waals surface area contributed by atoms with Gasteiger partial charge in [0.15, 0.2) is 0 Å². The molecule has 4 nitrogen and oxygen atoms in total. The van der Waals surface area contributed by atoms with Crippen LogP contribution in [0.15, 0.2) is 72.8 Å². The monoisotopic (exact) mass is 544 g/mol. The molecule has 32 heavy (non-hydrogen) atoms. The van der Waals surface area contributed by atoms with Crippen LogP contribution in [0, 0.1) is 17.4 Å². The molecule has 5 heteroatoms. The summed E-state index contributed by atoms with van der Waals surface area (Å²) in [6, 6.07) is 24.8. The van der Waals surface area contributed by atoms with Crippen LogP contribution < -0.4 is 4.74 Å². The van der Waals surface area contributed by atoms with Crippen LogP contribution in [0.5, 0.6) is 5.75 Å². The van der Waals surface area contributed by atoms with Gasteiger partial charge in [0.25, 0.3) is 0 Å². The molecule has 1 aliphatic rings. The standard InChI is InChI=1S/C27H29IO4/c1-19-3-7-21(8-4-19)16-29-18-26-25(30-17-22-9-5-20(2)6-10-22)15-27(32-26)31-24-13-11-23(28)12-14-24/h3-14,25-27H,15-18H2,1-2H3/t25-,26+,27+/m0/s1. The lowest BCUT2D eigenvalue weighted by molar-refractivity contribution is -0.112. The Kier molecular flexibility index (Phi) is 8.19. The molecule has 0 bridgehead atoms. The Bertz CT molecular complexity index is 970. The summed E-state index contributed by atoms with van der Waals surface area (Å²) in [5, 5.41) is 0. The van der Waals surface area contributed by atoms with Crippen molar-refractivity contribution in [3.8, 4) is 5.75 Å². The highest BCUT2D eigenvalue weighted by Gasteiger charge is 2.37. The Hall–Kier alpha value is -1.93. The number of hydrogen-bond acceptors (Lipinski definition) is 4. The van der Waals surface area contributed by atoms with Crippen LogP contribution in [0.25, 0.3) is 0 Å². The molecule has 3 atom stereocenters. The first-order chi connectivity index (χ1) is 15.5. The Morgan fingerprint density at radius 3 is 2.03 bits per heavy atom. The Labute approximate surface area is 204 Å². The fraction of sp³-hybridized carbons (Fsp3) is 0.333. The van der Waals surface area contributed by atoms with Crippen LogP contribution >= 0.6 is 22.6 Å². The van der Waals surface area contributed by atoms with E-state index < -0.39 is 0 Å². The fourth-order valence-corrected chi connectivity index (χ4v) is 3.97. The summed E-state index contributed by atoms with van der Waals surface area (Å²) in [6.07, 6.45) is 0.0325. The third-order valence-electron chi connectivity index (χ3n) is 5.50. The second-order valence-electron chi connectivity index (χ2n) is 8.25. The predicted octanol–water partition coefficient (Wildman–Crippen LogP) is 6.20. The van der Waals surface area contributed by atoms with Gasteiger partial charge < -0.3 is 18.9 Å². The second kappa shape index (κ2) is 11.3. The fourth-order valence-electron chi connectivity index (χ4n) is 3.61. The minimum absolute atomic E-state index is 0.0943. The summed E-state index contributed by atoms with van der Waals surface area (Å²) in [5.41, 5.74) is 4.79. The summed E-state index contributed by atoms with van der Waals surface area (Å²) >= 11 is 2.28. The average Bonchev–Trinajstić information content (AvgIpc) is 3.17. The zero-order chi connectivity index (χ0) is 22.3. The first kappa shape index (κ1) is 23.2. The van der Waals surface area contributed by atoms with Gasteiger partial charge in [-0.05, 0) is 71.8 Å². The highest BCUT2D eigenvalue weighted by atomic mass is 127. The van der Waals surface area contributed by atoms with Crippen molar-refractivity contribution in [2.75, 3.05) is 6.61 Å². The van der Waals surface area contributed by atoms with Gasteiger partial charge in [-0.25, -0.2) is 0 Å².